The summed E-state index contributed by atoms with van der Waals surface area (Å²) in [4.78, 5) is 13.4. The summed E-state index contributed by atoms with van der Waals surface area (Å²) in [6.45, 7) is 4.22. The van der Waals surface area contributed by atoms with E-state index < -0.39 is 5.60 Å². The van der Waals surface area contributed by atoms with Crippen molar-refractivity contribution in [3.8, 4) is 0 Å². The van der Waals surface area contributed by atoms with Crippen molar-refractivity contribution in [2.75, 3.05) is 0 Å². The van der Waals surface area contributed by atoms with E-state index in [1.807, 2.05) is 91.0 Å². The molecule has 0 aliphatic carbocycles. The number of rotatable bonds is 9. The zero-order valence-electron chi connectivity index (χ0n) is 18.1. The second kappa shape index (κ2) is 11.9. The average Bonchev–Trinajstić information content (AvgIpc) is 2.80. The van der Waals surface area contributed by atoms with Crippen LogP contribution in [0.5, 0.6) is 0 Å². The molecule has 1 unspecified atom stereocenters. The van der Waals surface area contributed by atoms with Crippen LogP contribution < -0.4 is 0 Å². The van der Waals surface area contributed by atoms with Crippen molar-refractivity contribution < 1.29 is 9.53 Å². The number of unbranched alkanes of at least 4 members (excludes halogenated alkanes) is 1. The minimum absolute atomic E-state index is 0. The molecule has 156 valence electrons. The van der Waals surface area contributed by atoms with Gasteiger partial charge < -0.3 is 4.74 Å². The first-order valence-corrected chi connectivity index (χ1v) is 10.6. The van der Waals surface area contributed by atoms with Crippen molar-refractivity contribution >= 4 is 29.9 Å². The fourth-order valence-electron chi connectivity index (χ4n) is 3.87. The van der Waals surface area contributed by atoms with Gasteiger partial charge in [0.2, 0.25) is 0 Å². The summed E-state index contributed by atoms with van der Waals surface area (Å²) in [5.41, 5.74) is 1.89. The van der Waals surface area contributed by atoms with Crippen molar-refractivity contribution in [1.82, 2.24) is 0 Å². The Morgan fingerprint density at radius 3 is 1.50 bits per heavy atom. The van der Waals surface area contributed by atoms with Crippen LogP contribution in [0.1, 0.15) is 56.2 Å². The molecule has 0 heterocycles. The van der Waals surface area contributed by atoms with E-state index in [0.29, 0.717) is 0 Å². The van der Waals surface area contributed by atoms with Gasteiger partial charge in [-0.3, -0.25) is 4.79 Å². The molecule has 3 rings (SSSR count). The first kappa shape index (κ1) is 24.2. The number of benzene rings is 3. The summed E-state index contributed by atoms with van der Waals surface area (Å²) in [6, 6.07) is 30.2. The van der Waals surface area contributed by atoms with Gasteiger partial charge in [0.15, 0.2) is 5.60 Å². The van der Waals surface area contributed by atoms with E-state index in [2.05, 4.69) is 13.8 Å². The van der Waals surface area contributed by atoms with Gasteiger partial charge in [-0.05, 0) is 12.8 Å². The van der Waals surface area contributed by atoms with E-state index in [1.54, 1.807) is 0 Å². The maximum atomic E-state index is 13.4. The molecule has 2 radical (unpaired) electrons. The maximum absolute atomic E-state index is 13.4. The summed E-state index contributed by atoms with van der Waals surface area (Å²) < 4.78 is 6.51. The SMILES string of the molecule is CCCCC(CC)C(=O)OC(c1ccccc1)(c1ccccc1)c1ccccc1.[SnH2]. The minimum atomic E-state index is -0.972. The molecule has 0 aromatic heterocycles. The van der Waals surface area contributed by atoms with Gasteiger partial charge in [-0.15, -0.1) is 0 Å². The van der Waals surface area contributed by atoms with Crippen LogP contribution in [0.3, 0.4) is 0 Å². The van der Waals surface area contributed by atoms with Crippen LogP contribution in [0, 0.1) is 5.92 Å². The summed E-state index contributed by atoms with van der Waals surface area (Å²) in [6.07, 6.45) is 3.75. The molecule has 2 nitrogen and oxygen atoms in total. The number of carbonyl (C=O) groups excluding carboxylic acids is 1. The van der Waals surface area contributed by atoms with E-state index >= 15 is 0 Å². The molecular weight excluding hydrogens is 475 g/mol. The van der Waals surface area contributed by atoms with Crippen molar-refractivity contribution in [2.45, 2.75) is 45.1 Å². The van der Waals surface area contributed by atoms with Crippen molar-refractivity contribution in [1.29, 1.82) is 0 Å². The molecule has 0 amide bonds. The van der Waals surface area contributed by atoms with E-state index in [0.717, 1.165) is 42.4 Å². The van der Waals surface area contributed by atoms with Gasteiger partial charge in [0, 0.05) is 16.7 Å². The van der Waals surface area contributed by atoms with E-state index in [4.69, 9.17) is 4.74 Å². The third-order valence-corrected chi connectivity index (χ3v) is 5.53. The van der Waals surface area contributed by atoms with Crippen LogP contribution in [-0.4, -0.2) is 29.9 Å². The topological polar surface area (TPSA) is 26.3 Å². The first-order chi connectivity index (χ1) is 14.2. The predicted molar refractivity (Wildman–Crippen MR) is 127 cm³/mol. The monoisotopic (exact) mass is 508 g/mol. The van der Waals surface area contributed by atoms with Gasteiger partial charge in [-0.1, -0.05) is 118 Å². The van der Waals surface area contributed by atoms with Crippen LogP contribution in [0.2, 0.25) is 0 Å². The fraction of sp³-hybridized carbons (Fsp3) is 0.296. The summed E-state index contributed by atoms with van der Waals surface area (Å²) >= 11 is 0. The third-order valence-electron chi connectivity index (χ3n) is 5.53. The van der Waals surface area contributed by atoms with E-state index in [-0.39, 0.29) is 35.8 Å². The zero-order chi connectivity index (χ0) is 20.5. The van der Waals surface area contributed by atoms with Crippen LogP contribution >= 0.6 is 0 Å². The zero-order valence-corrected chi connectivity index (χ0v) is 22.1. The van der Waals surface area contributed by atoms with E-state index in [1.165, 1.54) is 0 Å². The summed E-state index contributed by atoms with van der Waals surface area (Å²) in [5, 5.41) is 0. The van der Waals surface area contributed by atoms with Crippen LogP contribution in [-0.2, 0) is 15.1 Å². The number of ether oxygens (including phenoxy) is 1. The average molecular weight is 507 g/mol. The first-order valence-electron chi connectivity index (χ1n) is 10.6. The Balaban J connectivity index is 0.00000320. The van der Waals surface area contributed by atoms with Crippen LogP contribution in [0.15, 0.2) is 91.0 Å². The van der Waals surface area contributed by atoms with Gasteiger partial charge in [0.1, 0.15) is 0 Å². The summed E-state index contributed by atoms with van der Waals surface area (Å²) in [5.74, 6) is -0.219. The van der Waals surface area contributed by atoms with Gasteiger partial charge in [0.05, 0.1) is 5.92 Å². The Hall–Kier alpha value is -2.07. The number of hydrogen-bond donors (Lipinski definition) is 0. The molecule has 0 spiro atoms. The second-order valence-electron chi connectivity index (χ2n) is 7.45. The molecule has 0 saturated carbocycles. The molecule has 3 aromatic rings. The van der Waals surface area contributed by atoms with Gasteiger partial charge >= 0.3 is 29.9 Å². The quantitative estimate of drug-likeness (QED) is 0.207. The standard InChI is InChI=1S/C27H30O2.Sn.2H/c1-3-5-15-22(4-2)26(28)29-27(23-16-9-6-10-17-23,24-18-11-7-12-19-24)25-20-13-8-14-21-25;;;/h6-14,16-22H,3-5,15H2,1-2H3;;;. The van der Waals surface area contributed by atoms with Crippen molar-refractivity contribution in [3.05, 3.63) is 108 Å². The van der Waals surface area contributed by atoms with E-state index in [9.17, 15) is 4.79 Å². The van der Waals surface area contributed by atoms with Crippen LogP contribution in [0.4, 0.5) is 0 Å². The molecule has 3 aromatic carbocycles. The van der Waals surface area contributed by atoms with Crippen molar-refractivity contribution in [2.24, 2.45) is 5.92 Å². The Morgan fingerprint density at radius 1 is 0.767 bits per heavy atom. The Kier molecular flexibility index (Phi) is 9.64. The van der Waals surface area contributed by atoms with Gasteiger partial charge in [-0.2, -0.15) is 0 Å². The third kappa shape index (κ3) is 5.34. The Labute approximate surface area is 197 Å². The van der Waals surface area contributed by atoms with Crippen molar-refractivity contribution in [3.63, 3.8) is 0 Å². The Bertz CT molecular complexity index is 782. The van der Waals surface area contributed by atoms with Gasteiger partial charge in [-0.25, -0.2) is 0 Å². The molecule has 30 heavy (non-hydrogen) atoms. The Morgan fingerprint density at radius 2 is 1.17 bits per heavy atom. The molecular formula is C27H32O2Sn. The number of carbonyl (C=O) groups is 1. The van der Waals surface area contributed by atoms with Crippen LogP contribution in [0.25, 0.3) is 0 Å². The number of hydrogen-bond acceptors (Lipinski definition) is 2. The molecule has 0 aliphatic heterocycles. The molecule has 3 heteroatoms. The number of esters is 1. The molecule has 0 N–H and O–H groups in total. The molecule has 0 bridgehead atoms. The predicted octanol–water partition coefficient (Wildman–Crippen LogP) is 5.82. The second-order valence-corrected chi connectivity index (χ2v) is 7.45. The molecule has 0 aliphatic rings. The molecule has 1 atom stereocenters. The summed E-state index contributed by atoms with van der Waals surface area (Å²) in [7, 11) is 0. The van der Waals surface area contributed by atoms with Gasteiger partial charge in [0.25, 0.3) is 0 Å². The molecule has 0 fully saturated rings. The fourth-order valence-corrected chi connectivity index (χ4v) is 3.87. The normalized spacial score (nSPS) is 11.9. The molecule has 0 saturated heterocycles.